The van der Waals surface area contributed by atoms with Gasteiger partial charge in [-0.05, 0) is 41.7 Å². The fourth-order valence-electron chi connectivity index (χ4n) is 3.51. The van der Waals surface area contributed by atoms with E-state index in [0.29, 0.717) is 6.04 Å². The van der Waals surface area contributed by atoms with Crippen LogP contribution in [0.1, 0.15) is 44.1 Å². The maximum absolute atomic E-state index is 3.75. The van der Waals surface area contributed by atoms with Gasteiger partial charge in [-0.15, -0.1) is 0 Å². The quantitative estimate of drug-likeness (QED) is 0.758. The van der Waals surface area contributed by atoms with Crippen LogP contribution in [0.5, 0.6) is 0 Å². The maximum Gasteiger partial charge on any atom is 0.0361 e. The number of hydrogen-bond donors (Lipinski definition) is 1. The van der Waals surface area contributed by atoms with Crippen LogP contribution in [0, 0.1) is 0 Å². The van der Waals surface area contributed by atoms with Crippen LogP contribution in [-0.2, 0) is 6.54 Å². The summed E-state index contributed by atoms with van der Waals surface area (Å²) in [4.78, 5) is 2.13. The molecular weight excluding hydrogens is 292 g/mol. The highest BCUT2D eigenvalue weighted by Gasteiger charge is 2.11. The first-order chi connectivity index (χ1) is 11.7. The van der Waals surface area contributed by atoms with E-state index >= 15 is 0 Å². The van der Waals surface area contributed by atoms with Crippen molar-refractivity contribution in [1.82, 2.24) is 5.32 Å². The normalized spacial score (nSPS) is 15.9. The molecule has 1 fully saturated rings. The molecule has 0 amide bonds. The Balaban J connectivity index is 1.58. The van der Waals surface area contributed by atoms with E-state index in [9.17, 15) is 0 Å². The summed E-state index contributed by atoms with van der Waals surface area (Å²) in [5.41, 5.74) is 5.19. The number of rotatable bonds is 5. The van der Waals surface area contributed by atoms with E-state index in [1.807, 2.05) is 0 Å². The highest BCUT2D eigenvalue weighted by atomic mass is 15.1. The molecule has 0 heterocycles. The van der Waals surface area contributed by atoms with Crippen molar-refractivity contribution in [3.05, 3.63) is 54.1 Å². The molecule has 0 spiro atoms. The second kappa shape index (κ2) is 8.34. The molecule has 1 N–H and O–H groups in total. The zero-order chi connectivity index (χ0) is 16.8. The van der Waals surface area contributed by atoms with Crippen molar-refractivity contribution < 1.29 is 0 Å². The minimum atomic E-state index is 0.714. The van der Waals surface area contributed by atoms with Crippen LogP contribution >= 0.6 is 0 Å². The monoisotopic (exact) mass is 322 g/mol. The maximum atomic E-state index is 3.75. The van der Waals surface area contributed by atoms with Crippen LogP contribution in [0.15, 0.2) is 48.5 Å². The van der Waals surface area contributed by atoms with E-state index in [1.165, 1.54) is 60.9 Å². The standard InChI is InChI=1S/C22H30N2/c1-24(2)22-15-13-20(14-16-22)19-11-9-18(10-12-19)17-23-21-7-5-3-4-6-8-21/h9-16,21,23H,3-8,17H2,1-2H3. The third-order valence-electron chi connectivity index (χ3n) is 5.12. The van der Waals surface area contributed by atoms with Gasteiger partial charge in [0.25, 0.3) is 0 Å². The molecular formula is C22H30N2. The van der Waals surface area contributed by atoms with E-state index in [1.54, 1.807) is 0 Å². The number of anilines is 1. The van der Waals surface area contributed by atoms with Gasteiger partial charge in [-0.2, -0.15) is 0 Å². The second-order valence-electron chi connectivity index (χ2n) is 7.21. The van der Waals surface area contributed by atoms with E-state index < -0.39 is 0 Å². The minimum Gasteiger partial charge on any atom is -0.378 e. The fraction of sp³-hybridized carbons (Fsp3) is 0.455. The summed E-state index contributed by atoms with van der Waals surface area (Å²) in [6.07, 6.45) is 8.30. The van der Waals surface area contributed by atoms with Gasteiger partial charge >= 0.3 is 0 Å². The lowest BCUT2D eigenvalue weighted by molar-refractivity contribution is 0.459. The smallest absolute Gasteiger partial charge is 0.0361 e. The molecule has 0 aliphatic heterocycles. The van der Waals surface area contributed by atoms with Gasteiger partial charge in [0.15, 0.2) is 0 Å². The first-order valence-corrected chi connectivity index (χ1v) is 9.32. The van der Waals surface area contributed by atoms with Gasteiger partial charge in [-0.3, -0.25) is 0 Å². The highest BCUT2D eigenvalue weighted by molar-refractivity contribution is 5.66. The molecule has 0 aromatic heterocycles. The lowest BCUT2D eigenvalue weighted by Crippen LogP contribution is -2.27. The van der Waals surface area contributed by atoms with Gasteiger partial charge < -0.3 is 10.2 Å². The SMILES string of the molecule is CN(C)c1ccc(-c2ccc(CNC3CCCCCC3)cc2)cc1. The summed E-state index contributed by atoms with van der Waals surface area (Å²) in [5, 5.41) is 3.75. The largest absolute Gasteiger partial charge is 0.378 e. The van der Waals surface area contributed by atoms with Crippen molar-refractivity contribution >= 4 is 5.69 Å². The third-order valence-corrected chi connectivity index (χ3v) is 5.12. The first-order valence-electron chi connectivity index (χ1n) is 9.32. The van der Waals surface area contributed by atoms with Crippen LogP contribution in [-0.4, -0.2) is 20.1 Å². The van der Waals surface area contributed by atoms with Crippen molar-refractivity contribution in [2.75, 3.05) is 19.0 Å². The lowest BCUT2D eigenvalue weighted by Gasteiger charge is -2.16. The lowest BCUT2D eigenvalue weighted by atomic mass is 10.0. The Morgan fingerprint density at radius 1 is 0.792 bits per heavy atom. The van der Waals surface area contributed by atoms with Crippen LogP contribution in [0.2, 0.25) is 0 Å². The van der Waals surface area contributed by atoms with Crippen molar-refractivity contribution in [2.45, 2.75) is 51.1 Å². The number of nitrogens with zero attached hydrogens (tertiary/aromatic N) is 1. The van der Waals surface area contributed by atoms with Gasteiger partial charge in [-0.1, -0.05) is 62.1 Å². The molecule has 24 heavy (non-hydrogen) atoms. The summed E-state index contributed by atoms with van der Waals surface area (Å²) in [6.45, 7) is 0.991. The predicted molar refractivity (Wildman–Crippen MR) is 105 cm³/mol. The van der Waals surface area contributed by atoms with Crippen LogP contribution in [0.4, 0.5) is 5.69 Å². The van der Waals surface area contributed by atoms with E-state index in [-0.39, 0.29) is 0 Å². The Labute approximate surface area is 146 Å². The van der Waals surface area contributed by atoms with Gasteiger partial charge in [0, 0.05) is 32.4 Å². The molecule has 1 saturated carbocycles. The number of nitrogens with one attached hydrogen (secondary N) is 1. The molecule has 1 aliphatic carbocycles. The molecule has 2 aromatic rings. The van der Waals surface area contributed by atoms with Gasteiger partial charge in [0.05, 0.1) is 0 Å². The fourth-order valence-corrected chi connectivity index (χ4v) is 3.51. The van der Waals surface area contributed by atoms with E-state index in [0.717, 1.165) is 6.54 Å². The zero-order valence-electron chi connectivity index (χ0n) is 15.1. The van der Waals surface area contributed by atoms with Gasteiger partial charge in [0.2, 0.25) is 0 Å². The van der Waals surface area contributed by atoms with Gasteiger partial charge in [-0.25, -0.2) is 0 Å². The summed E-state index contributed by atoms with van der Waals surface area (Å²) in [5.74, 6) is 0. The Kier molecular flexibility index (Phi) is 5.92. The second-order valence-corrected chi connectivity index (χ2v) is 7.21. The van der Waals surface area contributed by atoms with Crippen molar-refractivity contribution in [3.63, 3.8) is 0 Å². The minimum absolute atomic E-state index is 0.714. The highest BCUT2D eigenvalue weighted by Crippen LogP contribution is 2.23. The van der Waals surface area contributed by atoms with Crippen molar-refractivity contribution in [2.24, 2.45) is 0 Å². The Morgan fingerprint density at radius 2 is 1.33 bits per heavy atom. The van der Waals surface area contributed by atoms with Crippen LogP contribution < -0.4 is 10.2 Å². The molecule has 2 nitrogen and oxygen atoms in total. The van der Waals surface area contributed by atoms with E-state index in [2.05, 4.69) is 72.8 Å². The number of hydrogen-bond acceptors (Lipinski definition) is 2. The van der Waals surface area contributed by atoms with Crippen molar-refractivity contribution in [3.8, 4) is 11.1 Å². The Bertz CT molecular complexity index is 605. The average molecular weight is 322 g/mol. The van der Waals surface area contributed by atoms with Crippen LogP contribution in [0.25, 0.3) is 11.1 Å². The molecule has 0 bridgehead atoms. The predicted octanol–water partition coefficient (Wildman–Crippen LogP) is 5.23. The molecule has 3 rings (SSSR count). The summed E-state index contributed by atoms with van der Waals surface area (Å²) in [7, 11) is 4.15. The summed E-state index contributed by atoms with van der Waals surface area (Å²) >= 11 is 0. The Hall–Kier alpha value is -1.80. The molecule has 2 heteroatoms. The van der Waals surface area contributed by atoms with Gasteiger partial charge in [0.1, 0.15) is 0 Å². The molecule has 0 unspecified atom stereocenters. The molecule has 1 aliphatic rings. The van der Waals surface area contributed by atoms with Crippen molar-refractivity contribution in [1.29, 1.82) is 0 Å². The number of benzene rings is 2. The third kappa shape index (κ3) is 4.61. The molecule has 0 saturated heterocycles. The molecule has 0 atom stereocenters. The first kappa shape index (κ1) is 17.0. The summed E-state index contributed by atoms with van der Waals surface area (Å²) in [6, 6.07) is 18.5. The summed E-state index contributed by atoms with van der Waals surface area (Å²) < 4.78 is 0. The topological polar surface area (TPSA) is 15.3 Å². The zero-order valence-corrected chi connectivity index (χ0v) is 15.1. The Morgan fingerprint density at radius 3 is 1.88 bits per heavy atom. The molecule has 0 radical (unpaired) electrons. The molecule has 2 aromatic carbocycles. The van der Waals surface area contributed by atoms with E-state index in [4.69, 9.17) is 0 Å². The van der Waals surface area contributed by atoms with Crippen LogP contribution in [0.3, 0.4) is 0 Å². The average Bonchev–Trinajstić information content (AvgIpc) is 2.89. The molecule has 128 valence electrons.